The highest BCUT2D eigenvalue weighted by Gasteiger charge is 2.30. The van der Waals surface area contributed by atoms with Crippen molar-refractivity contribution in [2.75, 3.05) is 13.1 Å². The minimum Gasteiger partial charge on any atom is -0.348 e. The summed E-state index contributed by atoms with van der Waals surface area (Å²) in [5.74, 6) is -0.0782. The molecule has 1 saturated heterocycles. The SMILES string of the molecule is O=C(NC(Cc1ccccc1)c1cccs1)C1CCCN(C(=O)c2cccs2)C1. The number of benzene rings is 1. The van der Waals surface area contributed by atoms with Crippen LogP contribution in [-0.2, 0) is 11.2 Å². The van der Waals surface area contributed by atoms with Crippen molar-refractivity contribution in [3.63, 3.8) is 0 Å². The second-order valence-electron chi connectivity index (χ2n) is 7.33. The van der Waals surface area contributed by atoms with Crippen LogP contribution in [0.5, 0.6) is 0 Å². The van der Waals surface area contributed by atoms with Gasteiger partial charge in [-0.2, -0.15) is 0 Å². The molecule has 0 radical (unpaired) electrons. The van der Waals surface area contributed by atoms with E-state index in [0.717, 1.165) is 35.6 Å². The van der Waals surface area contributed by atoms with Gasteiger partial charge >= 0.3 is 0 Å². The second-order valence-corrected chi connectivity index (χ2v) is 9.26. The molecule has 0 bridgehead atoms. The molecule has 29 heavy (non-hydrogen) atoms. The van der Waals surface area contributed by atoms with E-state index < -0.39 is 0 Å². The normalized spacial score (nSPS) is 17.7. The van der Waals surface area contributed by atoms with Crippen LogP contribution < -0.4 is 5.32 Å². The van der Waals surface area contributed by atoms with Crippen LogP contribution in [-0.4, -0.2) is 29.8 Å². The Morgan fingerprint density at radius 2 is 1.83 bits per heavy atom. The first-order chi connectivity index (χ1) is 14.2. The van der Waals surface area contributed by atoms with Gasteiger partial charge in [0.25, 0.3) is 5.91 Å². The number of nitrogens with one attached hydrogen (secondary N) is 1. The average molecular weight is 425 g/mol. The van der Waals surface area contributed by atoms with E-state index in [9.17, 15) is 9.59 Å². The predicted octanol–water partition coefficient (Wildman–Crippen LogP) is 4.76. The number of carbonyl (C=O) groups excluding carboxylic acids is 2. The van der Waals surface area contributed by atoms with Crippen LogP contribution in [0, 0.1) is 5.92 Å². The Hall–Kier alpha value is -2.44. The van der Waals surface area contributed by atoms with Gasteiger partial charge in [0, 0.05) is 18.0 Å². The number of thiophene rings is 2. The summed E-state index contributed by atoms with van der Waals surface area (Å²) in [5, 5.41) is 7.22. The van der Waals surface area contributed by atoms with Crippen molar-refractivity contribution in [3.05, 3.63) is 80.7 Å². The summed E-state index contributed by atoms with van der Waals surface area (Å²) in [6.07, 6.45) is 2.44. The van der Waals surface area contributed by atoms with Crippen LogP contribution in [0.1, 0.15) is 39.0 Å². The Morgan fingerprint density at radius 1 is 1.03 bits per heavy atom. The highest BCUT2D eigenvalue weighted by molar-refractivity contribution is 7.12. The fraction of sp³-hybridized carbons (Fsp3) is 0.304. The van der Waals surface area contributed by atoms with Gasteiger partial charge in [0.15, 0.2) is 0 Å². The van der Waals surface area contributed by atoms with Crippen molar-refractivity contribution in [1.82, 2.24) is 10.2 Å². The summed E-state index contributed by atoms with van der Waals surface area (Å²) >= 11 is 3.12. The molecule has 1 aliphatic rings. The smallest absolute Gasteiger partial charge is 0.263 e. The molecule has 0 saturated carbocycles. The van der Waals surface area contributed by atoms with Crippen molar-refractivity contribution in [3.8, 4) is 0 Å². The molecular formula is C23H24N2O2S2. The molecule has 0 spiro atoms. The Morgan fingerprint density at radius 3 is 2.55 bits per heavy atom. The lowest BCUT2D eigenvalue weighted by molar-refractivity contribution is -0.127. The maximum Gasteiger partial charge on any atom is 0.263 e. The quantitative estimate of drug-likeness (QED) is 0.620. The molecule has 6 heteroatoms. The van der Waals surface area contributed by atoms with Gasteiger partial charge in [-0.05, 0) is 47.7 Å². The summed E-state index contributed by atoms with van der Waals surface area (Å²) in [4.78, 5) is 29.5. The Kier molecular flexibility index (Phi) is 6.42. The minimum atomic E-state index is -0.161. The standard InChI is InChI=1S/C23H24N2O2S2/c26-22(18-9-4-12-25(16-18)23(27)21-11-6-14-29-21)24-19(20-10-5-13-28-20)15-17-7-2-1-3-8-17/h1-3,5-8,10-11,13-14,18-19H,4,9,12,15-16H2,(H,24,26). The minimum absolute atomic E-state index is 0.0385. The van der Waals surface area contributed by atoms with Crippen molar-refractivity contribution in [2.24, 2.45) is 5.92 Å². The highest BCUT2D eigenvalue weighted by atomic mass is 32.1. The summed E-state index contributed by atoms with van der Waals surface area (Å²) in [6, 6.07) is 18.0. The zero-order chi connectivity index (χ0) is 20.1. The number of amides is 2. The van der Waals surface area contributed by atoms with Crippen molar-refractivity contribution < 1.29 is 9.59 Å². The van der Waals surface area contributed by atoms with Crippen molar-refractivity contribution >= 4 is 34.5 Å². The third kappa shape index (κ3) is 4.95. The molecule has 3 heterocycles. The summed E-state index contributed by atoms with van der Waals surface area (Å²) in [6.45, 7) is 1.21. The Bertz CT molecular complexity index is 923. The predicted molar refractivity (Wildman–Crippen MR) is 118 cm³/mol. The number of nitrogens with zero attached hydrogens (tertiary/aromatic N) is 1. The molecular weight excluding hydrogens is 400 g/mol. The number of piperidine rings is 1. The summed E-state index contributed by atoms with van der Waals surface area (Å²) < 4.78 is 0. The zero-order valence-electron chi connectivity index (χ0n) is 16.1. The third-order valence-electron chi connectivity index (χ3n) is 5.30. The Balaban J connectivity index is 1.43. The van der Waals surface area contributed by atoms with E-state index in [1.807, 2.05) is 52.1 Å². The molecule has 1 fully saturated rings. The molecule has 2 atom stereocenters. The second kappa shape index (κ2) is 9.37. The monoisotopic (exact) mass is 424 g/mol. The van der Waals surface area contributed by atoms with Gasteiger partial charge in [-0.25, -0.2) is 0 Å². The molecule has 4 nitrogen and oxygen atoms in total. The first kappa shape index (κ1) is 19.9. The molecule has 2 amide bonds. The van der Waals surface area contributed by atoms with Crippen LogP contribution in [0.25, 0.3) is 0 Å². The topological polar surface area (TPSA) is 49.4 Å². The summed E-state index contributed by atoms with van der Waals surface area (Å²) in [7, 11) is 0. The van der Waals surface area contributed by atoms with E-state index >= 15 is 0 Å². The third-order valence-corrected chi connectivity index (χ3v) is 7.14. The molecule has 2 aromatic heterocycles. The molecule has 1 N–H and O–H groups in total. The lowest BCUT2D eigenvalue weighted by Gasteiger charge is -2.32. The van der Waals surface area contributed by atoms with E-state index in [1.54, 1.807) is 11.3 Å². The van der Waals surface area contributed by atoms with Gasteiger partial charge in [0.1, 0.15) is 0 Å². The van der Waals surface area contributed by atoms with E-state index in [1.165, 1.54) is 16.9 Å². The van der Waals surface area contributed by atoms with E-state index in [2.05, 4.69) is 23.5 Å². The van der Waals surface area contributed by atoms with Gasteiger partial charge < -0.3 is 10.2 Å². The lowest BCUT2D eigenvalue weighted by Crippen LogP contribution is -2.46. The number of hydrogen-bond donors (Lipinski definition) is 1. The maximum absolute atomic E-state index is 13.1. The summed E-state index contributed by atoms with van der Waals surface area (Å²) in [5.41, 5.74) is 1.20. The van der Waals surface area contributed by atoms with Gasteiger partial charge in [-0.1, -0.05) is 42.5 Å². The maximum atomic E-state index is 13.1. The van der Waals surface area contributed by atoms with Crippen LogP contribution in [0.15, 0.2) is 65.4 Å². The molecule has 1 aliphatic heterocycles. The van der Waals surface area contributed by atoms with Gasteiger partial charge in [-0.3, -0.25) is 9.59 Å². The Labute approximate surface area is 179 Å². The zero-order valence-corrected chi connectivity index (χ0v) is 17.8. The number of likely N-dealkylation sites (tertiary alicyclic amines) is 1. The van der Waals surface area contributed by atoms with Crippen molar-refractivity contribution in [2.45, 2.75) is 25.3 Å². The number of hydrogen-bond acceptors (Lipinski definition) is 4. The highest BCUT2D eigenvalue weighted by Crippen LogP contribution is 2.26. The van der Waals surface area contributed by atoms with Crippen molar-refractivity contribution in [1.29, 1.82) is 0 Å². The van der Waals surface area contributed by atoms with Crippen LogP contribution in [0.4, 0.5) is 0 Å². The van der Waals surface area contributed by atoms with Crippen LogP contribution >= 0.6 is 22.7 Å². The number of rotatable bonds is 6. The van der Waals surface area contributed by atoms with E-state index in [-0.39, 0.29) is 23.8 Å². The van der Waals surface area contributed by atoms with Gasteiger partial charge in [0.05, 0.1) is 16.8 Å². The lowest BCUT2D eigenvalue weighted by atomic mass is 9.95. The molecule has 150 valence electrons. The fourth-order valence-corrected chi connectivity index (χ4v) is 5.25. The average Bonchev–Trinajstić information content (AvgIpc) is 3.48. The largest absolute Gasteiger partial charge is 0.348 e. The van der Waals surface area contributed by atoms with E-state index in [4.69, 9.17) is 0 Å². The molecule has 2 unspecified atom stereocenters. The molecule has 0 aliphatic carbocycles. The van der Waals surface area contributed by atoms with E-state index in [0.29, 0.717) is 6.54 Å². The first-order valence-corrected chi connectivity index (χ1v) is 11.7. The van der Waals surface area contributed by atoms with Crippen LogP contribution in [0.3, 0.4) is 0 Å². The fourth-order valence-electron chi connectivity index (χ4n) is 3.78. The molecule has 1 aromatic carbocycles. The number of carbonyl (C=O) groups is 2. The van der Waals surface area contributed by atoms with Crippen LogP contribution in [0.2, 0.25) is 0 Å². The molecule has 3 aromatic rings. The van der Waals surface area contributed by atoms with Gasteiger partial charge in [0.2, 0.25) is 5.91 Å². The van der Waals surface area contributed by atoms with Gasteiger partial charge in [-0.15, -0.1) is 22.7 Å². The first-order valence-electron chi connectivity index (χ1n) is 9.91. The molecule has 4 rings (SSSR count).